The standard InChI is InChI=1S/C28H34N2O3S2/c1-19-7-9-24(10-8-19)17-30(35(32,33)28-21(3)15-20(2)16-22(28)4)18-27(31)29-23(5)25-11-13-26(34-6)14-12-25/h7-16,23H,17-18H2,1-6H3,(H,29,31)/t23-/m1/s1. The molecule has 5 nitrogen and oxygen atoms in total. The molecule has 0 fully saturated rings. The van der Waals surface area contributed by atoms with Crippen molar-refractivity contribution < 1.29 is 13.2 Å². The summed E-state index contributed by atoms with van der Waals surface area (Å²) in [6.45, 7) is 9.28. The first-order valence-electron chi connectivity index (χ1n) is 11.6. The Labute approximate surface area is 214 Å². The van der Waals surface area contributed by atoms with Crippen molar-refractivity contribution in [1.29, 1.82) is 0 Å². The van der Waals surface area contributed by atoms with Gasteiger partial charge in [0.25, 0.3) is 0 Å². The summed E-state index contributed by atoms with van der Waals surface area (Å²) in [6.07, 6.45) is 2.01. The number of rotatable bonds is 9. The lowest BCUT2D eigenvalue weighted by molar-refractivity contribution is -0.122. The molecule has 0 aromatic heterocycles. The van der Waals surface area contributed by atoms with Crippen LogP contribution in [0.25, 0.3) is 0 Å². The number of nitrogens with zero attached hydrogens (tertiary/aromatic N) is 1. The highest BCUT2D eigenvalue weighted by Gasteiger charge is 2.30. The van der Waals surface area contributed by atoms with E-state index in [9.17, 15) is 13.2 Å². The second-order valence-electron chi connectivity index (χ2n) is 9.05. The summed E-state index contributed by atoms with van der Waals surface area (Å²) in [6, 6.07) is 19.2. The van der Waals surface area contributed by atoms with Crippen LogP contribution in [0.3, 0.4) is 0 Å². The molecule has 1 amide bonds. The Morgan fingerprint density at radius 3 is 2.03 bits per heavy atom. The minimum Gasteiger partial charge on any atom is -0.348 e. The molecule has 0 saturated carbocycles. The van der Waals surface area contributed by atoms with Crippen LogP contribution in [-0.2, 0) is 21.4 Å². The third-order valence-electron chi connectivity index (χ3n) is 6.00. The second kappa shape index (κ2) is 11.4. The van der Waals surface area contributed by atoms with Crippen LogP contribution in [0.1, 0.15) is 46.3 Å². The number of hydrogen-bond acceptors (Lipinski definition) is 4. The van der Waals surface area contributed by atoms with Crippen molar-refractivity contribution in [2.24, 2.45) is 0 Å². The van der Waals surface area contributed by atoms with Gasteiger partial charge in [0.1, 0.15) is 0 Å². The number of carbonyl (C=O) groups is 1. The minimum absolute atomic E-state index is 0.111. The molecule has 3 rings (SSSR count). The molecule has 186 valence electrons. The number of hydrogen-bond donors (Lipinski definition) is 1. The van der Waals surface area contributed by atoms with E-state index in [0.717, 1.165) is 27.1 Å². The summed E-state index contributed by atoms with van der Waals surface area (Å²) in [7, 11) is -3.92. The van der Waals surface area contributed by atoms with Gasteiger partial charge < -0.3 is 5.32 Å². The quantitative estimate of drug-likeness (QED) is 0.375. The number of thioether (sulfide) groups is 1. The van der Waals surface area contributed by atoms with Gasteiger partial charge >= 0.3 is 0 Å². The zero-order valence-corrected chi connectivity index (χ0v) is 22.9. The normalized spacial score (nSPS) is 12.5. The minimum atomic E-state index is -3.92. The summed E-state index contributed by atoms with van der Waals surface area (Å²) >= 11 is 1.66. The van der Waals surface area contributed by atoms with Crippen LogP contribution >= 0.6 is 11.8 Å². The molecule has 0 radical (unpaired) electrons. The summed E-state index contributed by atoms with van der Waals surface area (Å²) in [5.41, 5.74) is 5.25. The molecular formula is C28H34N2O3S2. The largest absolute Gasteiger partial charge is 0.348 e. The highest BCUT2D eigenvalue weighted by molar-refractivity contribution is 7.98. The van der Waals surface area contributed by atoms with Gasteiger partial charge in [-0.1, -0.05) is 59.7 Å². The summed E-state index contributed by atoms with van der Waals surface area (Å²) in [4.78, 5) is 14.5. The van der Waals surface area contributed by atoms with Gasteiger partial charge in [-0.25, -0.2) is 8.42 Å². The number of nitrogens with one attached hydrogen (secondary N) is 1. The first-order valence-corrected chi connectivity index (χ1v) is 14.2. The monoisotopic (exact) mass is 510 g/mol. The van der Waals surface area contributed by atoms with Crippen LogP contribution in [0.5, 0.6) is 0 Å². The van der Waals surface area contributed by atoms with Gasteiger partial charge in [0.05, 0.1) is 17.5 Å². The van der Waals surface area contributed by atoms with Crippen LogP contribution in [0.2, 0.25) is 0 Å². The Kier molecular flexibility index (Phi) is 8.80. The Morgan fingerprint density at radius 2 is 1.49 bits per heavy atom. The number of benzene rings is 3. The van der Waals surface area contributed by atoms with Crippen molar-refractivity contribution in [1.82, 2.24) is 9.62 Å². The molecule has 3 aromatic rings. The van der Waals surface area contributed by atoms with E-state index in [1.54, 1.807) is 25.6 Å². The van der Waals surface area contributed by atoms with Gasteiger partial charge in [-0.3, -0.25) is 4.79 Å². The van der Waals surface area contributed by atoms with Crippen molar-refractivity contribution in [2.45, 2.75) is 57.0 Å². The third kappa shape index (κ3) is 6.75. The number of amides is 1. The van der Waals surface area contributed by atoms with Crippen molar-refractivity contribution in [3.63, 3.8) is 0 Å². The summed E-state index contributed by atoms with van der Waals surface area (Å²) in [5, 5.41) is 2.97. The molecule has 35 heavy (non-hydrogen) atoms. The SMILES string of the molecule is CSc1ccc([C@@H](C)NC(=O)CN(Cc2ccc(C)cc2)S(=O)(=O)c2c(C)cc(C)cc2C)cc1. The zero-order chi connectivity index (χ0) is 25.8. The molecule has 1 N–H and O–H groups in total. The van der Waals surface area contributed by atoms with E-state index in [-0.39, 0.29) is 29.9 Å². The van der Waals surface area contributed by atoms with Crippen LogP contribution in [0.4, 0.5) is 0 Å². The fourth-order valence-electron chi connectivity index (χ4n) is 4.25. The third-order valence-corrected chi connectivity index (χ3v) is 8.84. The highest BCUT2D eigenvalue weighted by Crippen LogP contribution is 2.27. The maximum absolute atomic E-state index is 13.9. The van der Waals surface area contributed by atoms with Crippen molar-refractivity contribution in [3.05, 3.63) is 94.0 Å². The fraction of sp³-hybridized carbons (Fsp3) is 0.321. The Bertz CT molecular complexity index is 1260. The molecule has 0 spiro atoms. The topological polar surface area (TPSA) is 66.5 Å². The van der Waals surface area contributed by atoms with E-state index in [1.165, 1.54) is 4.31 Å². The van der Waals surface area contributed by atoms with Gasteiger partial charge in [0.15, 0.2) is 0 Å². The summed E-state index contributed by atoms with van der Waals surface area (Å²) in [5.74, 6) is -0.343. The fourth-order valence-corrected chi connectivity index (χ4v) is 6.45. The molecule has 1 atom stereocenters. The van der Waals surface area contributed by atoms with E-state index in [1.807, 2.05) is 87.7 Å². The Hall–Kier alpha value is -2.61. The van der Waals surface area contributed by atoms with E-state index < -0.39 is 10.0 Å². The van der Waals surface area contributed by atoms with Crippen LogP contribution in [-0.4, -0.2) is 31.4 Å². The van der Waals surface area contributed by atoms with Gasteiger partial charge in [0.2, 0.25) is 15.9 Å². The van der Waals surface area contributed by atoms with E-state index in [4.69, 9.17) is 0 Å². The van der Waals surface area contributed by atoms with Crippen LogP contribution in [0.15, 0.2) is 70.5 Å². The van der Waals surface area contributed by atoms with E-state index >= 15 is 0 Å². The average molecular weight is 511 g/mol. The van der Waals surface area contributed by atoms with Crippen molar-refractivity contribution in [3.8, 4) is 0 Å². The first kappa shape index (κ1) is 27.0. The van der Waals surface area contributed by atoms with Crippen molar-refractivity contribution in [2.75, 3.05) is 12.8 Å². The van der Waals surface area contributed by atoms with Crippen molar-refractivity contribution >= 4 is 27.7 Å². The number of carbonyl (C=O) groups excluding carboxylic acids is 1. The van der Waals surface area contributed by atoms with E-state index in [2.05, 4.69) is 5.32 Å². The number of aryl methyl sites for hydroxylation is 4. The molecule has 0 saturated heterocycles. The molecule has 0 bridgehead atoms. The smallest absolute Gasteiger partial charge is 0.244 e. The molecule has 0 aliphatic heterocycles. The van der Waals surface area contributed by atoms with Gasteiger partial charge in [-0.15, -0.1) is 11.8 Å². The Morgan fingerprint density at radius 1 is 0.914 bits per heavy atom. The molecule has 0 unspecified atom stereocenters. The second-order valence-corrected chi connectivity index (χ2v) is 11.8. The zero-order valence-electron chi connectivity index (χ0n) is 21.3. The molecular weight excluding hydrogens is 476 g/mol. The Balaban J connectivity index is 1.89. The van der Waals surface area contributed by atoms with Crippen LogP contribution in [0, 0.1) is 27.7 Å². The summed E-state index contributed by atoms with van der Waals surface area (Å²) < 4.78 is 29.0. The molecule has 7 heteroatoms. The maximum Gasteiger partial charge on any atom is 0.244 e. The van der Waals surface area contributed by atoms with E-state index in [0.29, 0.717) is 11.1 Å². The number of sulfonamides is 1. The van der Waals surface area contributed by atoms with Gasteiger partial charge in [-0.05, 0) is 75.3 Å². The van der Waals surface area contributed by atoms with Gasteiger partial charge in [-0.2, -0.15) is 4.31 Å². The lowest BCUT2D eigenvalue weighted by Crippen LogP contribution is -2.41. The maximum atomic E-state index is 13.9. The lowest BCUT2D eigenvalue weighted by atomic mass is 10.1. The highest BCUT2D eigenvalue weighted by atomic mass is 32.2. The van der Waals surface area contributed by atoms with Crippen LogP contribution < -0.4 is 5.32 Å². The average Bonchev–Trinajstić information content (AvgIpc) is 2.79. The predicted molar refractivity (Wildman–Crippen MR) is 144 cm³/mol. The van der Waals surface area contributed by atoms with Gasteiger partial charge in [0, 0.05) is 11.4 Å². The molecule has 3 aromatic carbocycles. The molecule has 0 aliphatic rings. The molecule has 0 aliphatic carbocycles. The first-order chi connectivity index (χ1) is 16.5. The predicted octanol–water partition coefficient (Wildman–Crippen LogP) is 5.71. The molecule has 0 heterocycles. The lowest BCUT2D eigenvalue weighted by Gasteiger charge is -2.25.